The van der Waals surface area contributed by atoms with E-state index in [0.29, 0.717) is 17.6 Å². The molecule has 0 radical (unpaired) electrons. The smallest absolute Gasteiger partial charge is 0.238 e. The van der Waals surface area contributed by atoms with Crippen molar-refractivity contribution in [2.24, 2.45) is 0 Å². The third kappa shape index (κ3) is 8.82. The number of para-hydroxylation sites is 1. The second-order valence-corrected chi connectivity index (χ2v) is 18.9. The van der Waals surface area contributed by atoms with Crippen molar-refractivity contribution >= 4 is 45.2 Å². The SMILES string of the molecule is Cc1cc(C)c(N(c2ccc(N(c3nc(-c4ccccc4)nc(-c4ccc(-c5cccc6cccc(-c7ccccc7)c56)cc4)n3)c3ccccc3-c3ccccc3)cc2)c2c(C)cc(C)cc2C)c(C)c1. The van der Waals surface area contributed by atoms with Crippen LogP contribution in [0.1, 0.15) is 33.4 Å². The molecule has 1 heterocycles. The van der Waals surface area contributed by atoms with Crippen molar-refractivity contribution in [3.63, 3.8) is 0 Å². The Hall–Kier alpha value is -8.93. The van der Waals surface area contributed by atoms with Crippen molar-refractivity contribution in [2.45, 2.75) is 41.5 Å². The number of hydrogen-bond acceptors (Lipinski definition) is 5. The van der Waals surface area contributed by atoms with E-state index in [1.807, 2.05) is 18.2 Å². The number of anilines is 6. The molecule has 0 atom stereocenters. The standard InChI is InChI=1S/C67H55N5/c1-44-40-46(3)63(47(4)41-44)72(64-48(5)42-45(2)43-49(64)6)57-38-36-56(37-39-57)71(61-31-17-16-28-58(61)50-20-10-7-11-21-50)67-69-65(54-24-14-9-15-25-54)68-66(70-67)55-34-32-52(33-35-55)60-30-19-27-53-26-18-29-59(62(53)60)51-22-12-8-13-23-51/h7-43H,1-6H3. The van der Waals surface area contributed by atoms with Gasteiger partial charge < -0.3 is 4.90 Å². The fraction of sp³-hybridized carbons (Fsp3) is 0.0896. The Morgan fingerprint density at radius 3 is 1.18 bits per heavy atom. The van der Waals surface area contributed by atoms with Crippen LogP contribution < -0.4 is 9.80 Å². The lowest BCUT2D eigenvalue weighted by atomic mass is 9.91. The lowest BCUT2D eigenvalue weighted by Gasteiger charge is -2.32. The first kappa shape index (κ1) is 45.5. The molecule has 10 aromatic carbocycles. The normalized spacial score (nSPS) is 11.2. The van der Waals surface area contributed by atoms with Gasteiger partial charge in [0.15, 0.2) is 11.6 Å². The Morgan fingerprint density at radius 2 is 0.681 bits per heavy atom. The summed E-state index contributed by atoms with van der Waals surface area (Å²) in [5, 5.41) is 2.42. The van der Waals surface area contributed by atoms with Crippen molar-refractivity contribution in [2.75, 3.05) is 9.80 Å². The van der Waals surface area contributed by atoms with E-state index < -0.39 is 0 Å². The maximum absolute atomic E-state index is 5.43. The highest BCUT2D eigenvalue weighted by Gasteiger charge is 2.25. The Bertz CT molecular complexity index is 3630. The summed E-state index contributed by atoms with van der Waals surface area (Å²) in [6.45, 7) is 13.2. The van der Waals surface area contributed by atoms with Gasteiger partial charge in [0.25, 0.3) is 0 Å². The number of nitrogens with zero attached hydrogens (tertiary/aromatic N) is 5. The minimum atomic E-state index is 0.507. The topological polar surface area (TPSA) is 45.2 Å². The van der Waals surface area contributed by atoms with Gasteiger partial charge >= 0.3 is 0 Å². The van der Waals surface area contributed by atoms with Gasteiger partial charge in [0.2, 0.25) is 5.95 Å². The molecule has 1 aromatic heterocycles. The van der Waals surface area contributed by atoms with Crippen LogP contribution in [0.4, 0.5) is 34.4 Å². The summed E-state index contributed by atoms with van der Waals surface area (Å²) in [6, 6.07) is 79.7. The van der Waals surface area contributed by atoms with Gasteiger partial charge in [-0.1, -0.05) is 205 Å². The summed E-state index contributed by atoms with van der Waals surface area (Å²) in [4.78, 5) is 20.7. The maximum Gasteiger partial charge on any atom is 0.238 e. The molecule has 0 spiro atoms. The van der Waals surface area contributed by atoms with Crippen molar-refractivity contribution < 1.29 is 0 Å². The van der Waals surface area contributed by atoms with Crippen molar-refractivity contribution in [3.05, 3.63) is 258 Å². The molecule has 0 aliphatic carbocycles. The predicted molar refractivity (Wildman–Crippen MR) is 302 cm³/mol. The highest BCUT2D eigenvalue weighted by molar-refractivity contribution is 6.06. The Morgan fingerprint density at radius 1 is 0.306 bits per heavy atom. The molecule has 11 aromatic rings. The van der Waals surface area contributed by atoms with Crippen molar-refractivity contribution in [3.8, 4) is 56.2 Å². The number of fused-ring (bicyclic) bond motifs is 1. The molecular formula is C67H55N5. The van der Waals surface area contributed by atoms with Crippen molar-refractivity contribution in [1.82, 2.24) is 15.0 Å². The Balaban J connectivity index is 1.08. The quantitative estimate of drug-likeness (QED) is 0.129. The number of benzene rings is 10. The molecule has 0 unspecified atom stereocenters. The van der Waals surface area contributed by atoms with E-state index in [9.17, 15) is 0 Å². The average molecular weight is 930 g/mol. The van der Waals surface area contributed by atoms with E-state index in [1.54, 1.807) is 0 Å². The minimum absolute atomic E-state index is 0.507. The molecule has 0 saturated carbocycles. The molecule has 5 nitrogen and oxygen atoms in total. The Labute approximate surface area is 423 Å². The summed E-state index contributed by atoms with van der Waals surface area (Å²) < 4.78 is 0. The summed E-state index contributed by atoms with van der Waals surface area (Å²) >= 11 is 0. The average Bonchev–Trinajstić information content (AvgIpc) is 3.41. The first-order valence-electron chi connectivity index (χ1n) is 24.7. The first-order valence-corrected chi connectivity index (χ1v) is 24.7. The van der Waals surface area contributed by atoms with Crippen LogP contribution in [0.3, 0.4) is 0 Å². The zero-order valence-corrected chi connectivity index (χ0v) is 41.6. The van der Waals surface area contributed by atoms with Gasteiger partial charge in [0.05, 0.1) is 17.1 Å². The minimum Gasteiger partial charge on any atom is -0.309 e. The third-order valence-corrected chi connectivity index (χ3v) is 13.6. The molecule has 0 saturated heterocycles. The van der Waals surface area contributed by atoms with Crippen LogP contribution in [-0.2, 0) is 0 Å². The lowest BCUT2D eigenvalue weighted by Crippen LogP contribution is -2.18. The van der Waals surface area contributed by atoms with Gasteiger partial charge in [-0.3, -0.25) is 4.90 Å². The summed E-state index contributed by atoms with van der Waals surface area (Å²) in [6.07, 6.45) is 0. The second-order valence-electron chi connectivity index (χ2n) is 18.9. The van der Waals surface area contributed by atoms with Crippen LogP contribution in [0.25, 0.3) is 66.9 Å². The molecule has 348 valence electrons. The number of aryl methyl sites for hydroxylation is 6. The largest absolute Gasteiger partial charge is 0.309 e. The lowest BCUT2D eigenvalue weighted by molar-refractivity contribution is 1.02. The maximum atomic E-state index is 5.43. The summed E-state index contributed by atoms with van der Waals surface area (Å²) in [7, 11) is 0. The fourth-order valence-electron chi connectivity index (χ4n) is 10.6. The van der Waals surface area contributed by atoms with Crippen LogP contribution >= 0.6 is 0 Å². The van der Waals surface area contributed by atoms with E-state index >= 15 is 0 Å². The molecule has 0 aliphatic heterocycles. The van der Waals surface area contributed by atoms with E-state index in [1.165, 1.54) is 72.2 Å². The van der Waals surface area contributed by atoms with Crippen LogP contribution in [-0.4, -0.2) is 15.0 Å². The van der Waals surface area contributed by atoms with Gasteiger partial charge in [-0.15, -0.1) is 0 Å². The van der Waals surface area contributed by atoms with Gasteiger partial charge in [-0.05, 0) is 133 Å². The molecule has 0 N–H and O–H groups in total. The van der Waals surface area contributed by atoms with Crippen molar-refractivity contribution in [1.29, 1.82) is 0 Å². The van der Waals surface area contributed by atoms with Crippen LogP contribution in [0, 0.1) is 41.5 Å². The number of hydrogen-bond donors (Lipinski definition) is 0. The highest BCUT2D eigenvalue weighted by Crippen LogP contribution is 2.46. The fourth-order valence-corrected chi connectivity index (χ4v) is 10.6. The molecular weight excluding hydrogens is 875 g/mol. The predicted octanol–water partition coefficient (Wildman–Crippen LogP) is 18.1. The zero-order chi connectivity index (χ0) is 49.3. The van der Waals surface area contributed by atoms with E-state index in [2.05, 4.69) is 258 Å². The third-order valence-electron chi connectivity index (χ3n) is 13.6. The zero-order valence-electron chi connectivity index (χ0n) is 41.6. The van der Waals surface area contributed by atoms with E-state index in [0.717, 1.165) is 44.9 Å². The molecule has 0 aliphatic rings. The van der Waals surface area contributed by atoms with Gasteiger partial charge in [-0.25, -0.2) is 4.98 Å². The van der Waals surface area contributed by atoms with Gasteiger partial charge in [0, 0.05) is 28.1 Å². The van der Waals surface area contributed by atoms with E-state index in [-0.39, 0.29) is 0 Å². The van der Waals surface area contributed by atoms with Crippen LogP contribution in [0.2, 0.25) is 0 Å². The Kier molecular flexibility index (Phi) is 12.3. The highest BCUT2D eigenvalue weighted by atomic mass is 15.3. The molecule has 11 rings (SSSR count). The van der Waals surface area contributed by atoms with Crippen LogP contribution in [0.5, 0.6) is 0 Å². The van der Waals surface area contributed by atoms with Gasteiger partial charge in [-0.2, -0.15) is 9.97 Å². The number of aromatic nitrogens is 3. The molecule has 0 bridgehead atoms. The molecule has 72 heavy (non-hydrogen) atoms. The van der Waals surface area contributed by atoms with E-state index in [4.69, 9.17) is 15.0 Å². The number of rotatable bonds is 11. The summed E-state index contributed by atoms with van der Waals surface area (Å²) in [5.41, 5.74) is 21.3. The van der Waals surface area contributed by atoms with Crippen LogP contribution in [0.15, 0.2) is 224 Å². The molecule has 5 heteroatoms. The second kappa shape index (κ2) is 19.5. The first-order chi connectivity index (χ1) is 35.2. The van der Waals surface area contributed by atoms with Gasteiger partial charge in [0.1, 0.15) is 0 Å². The summed E-state index contributed by atoms with van der Waals surface area (Å²) in [5.74, 6) is 1.67. The molecule has 0 amide bonds. The molecule has 0 fully saturated rings. The monoisotopic (exact) mass is 929 g/mol.